The Hall–Kier alpha value is -0.440. The van der Waals surface area contributed by atoms with Crippen LogP contribution < -0.4 is 0 Å². The molecule has 8 unspecified atom stereocenters. The van der Waals surface area contributed by atoms with E-state index in [1.807, 2.05) is 0 Å². The minimum Gasteiger partial charge on any atom is -0.394 e. The Morgan fingerprint density at radius 1 is 0.783 bits per heavy atom. The summed E-state index contributed by atoms with van der Waals surface area (Å²) in [5, 5.41) is 76.7. The first-order valence-electron chi connectivity index (χ1n) is 7.05. The van der Waals surface area contributed by atoms with E-state index < -0.39 is 74.6 Å². The van der Waals surface area contributed by atoms with Crippen LogP contribution in [0.15, 0.2) is 0 Å². The van der Waals surface area contributed by atoms with E-state index in [1.54, 1.807) is 0 Å². The lowest BCUT2D eigenvalue weighted by molar-refractivity contribution is -0.383. The first kappa shape index (κ1) is 18.9. The molecular formula is C12H22O11. The molecule has 0 aliphatic carbocycles. The zero-order valence-corrected chi connectivity index (χ0v) is 12.0. The molecular weight excluding hydrogens is 320 g/mol. The van der Waals surface area contributed by atoms with E-state index in [0.717, 1.165) is 0 Å². The fourth-order valence-electron chi connectivity index (χ4n) is 2.63. The van der Waals surface area contributed by atoms with E-state index in [0.29, 0.717) is 0 Å². The van der Waals surface area contributed by atoms with E-state index in [2.05, 4.69) is 0 Å². The van der Waals surface area contributed by atoms with Crippen LogP contribution in [0.3, 0.4) is 0 Å². The molecule has 8 N–H and O–H groups in total. The Morgan fingerprint density at radius 2 is 1.39 bits per heavy atom. The molecule has 2 fully saturated rings. The predicted octanol–water partition coefficient (Wildman–Crippen LogP) is -5.40. The molecule has 23 heavy (non-hydrogen) atoms. The summed E-state index contributed by atoms with van der Waals surface area (Å²) in [6.07, 6.45) is -12.7. The topological polar surface area (TPSA) is 190 Å². The number of aliphatic hydroxyl groups is 8. The highest BCUT2D eigenvalue weighted by Gasteiger charge is 2.58. The van der Waals surface area contributed by atoms with Crippen molar-refractivity contribution < 1.29 is 55.1 Å². The number of rotatable bonds is 5. The Labute approximate surface area is 130 Å². The van der Waals surface area contributed by atoms with Crippen LogP contribution >= 0.6 is 0 Å². The van der Waals surface area contributed by atoms with Gasteiger partial charge in [0, 0.05) is 0 Å². The highest BCUT2D eigenvalue weighted by molar-refractivity contribution is 4.98. The molecule has 0 amide bonds. The molecule has 11 nitrogen and oxygen atoms in total. The maximum Gasteiger partial charge on any atom is 0.224 e. The largest absolute Gasteiger partial charge is 0.394 e. The molecule has 0 saturated carbocycles. The Kier molecular flexibility index (Phi) is 5.92. The van der Waals surface area contributed by atoms with Crippen LogP contribution in [0, 0.1) is 0 Å². The molecule has 11 heteroatoms. The normalized spacial score (nSPS) is 51.1. The third kappa shape index (κ3) is 3.23. The van der Waals surface area contributed by atoms with Crippen molar-refractivity contribution in [3.05, 3.63) is 0 Å². The van der Waals surface area contributed by atoms with E-state index in [1.165, 1.54) is 0 Å². The number of ether oxygens (including phenoxy) is 3. The fraction of sp³-hybridized carbons (Fsp3) is 1.00. The van der Waals surface area contributed by atoms with Gasteiger partial charge in [0.25, 0.3) is 0 Å². The van der Waals surface area contributed by atoms with Gasteiger partial charge in [-0.15, -0.1) is 0 Å². The summed E-state index contributed by atoms with van der Waals surface area (Å²) in [5.41, 5.74) is 0. The molecule has 2 saturated heterocycles. The summed E-state index contributed by atoms with van der Waals surface area (Å²) in [6.45, 7) is -2.32. The van der Waals surface area contributed by atoms with Crippen LogP contribution in [0.2, 0.25) is 0 Å². The standard InChI is InChI=1S/C12H22O11/c13-1-4-6(16)8(18)9(19)11(21-4)23-12(3-15)10(20)7(17)5(2-14)22-12/h4-11,13-20H,1-3H2/t4?,5?,6?,7?,8?,9-,10?,11?,12?/m0/s1. The molecule has 136 valence electrons. The SMILES string of the molecule is OCC1OC(OC2(CO)OC(CO)C(O)C2O)[C@@H](O)C(O)C1O. The third-order valence-electron chi connectivity index (χ3n) is 4.07. The minimum absolute atomic E-state index is 0.669. The first-order chi connectivity index (χ1) is 10.8. The van der Waals surface area contributed by atoms with Crippen molar-refractivity contribution in [3.8, 4) is 0 Å². The molecule has 0 aromatic carbocycles. The summed E-state index contributed by atoms with van der Waals surface area (Å²) in [5.74, 6) is -2.22. The average Bonchev–Trinajstić information content (AvgIpc) is 2.80. The molecule has 2 aliphatic heterocycles. The minimum atomic E-state index is -2.22. The molecule has 0 radical (unpaired) electrons. The molecule has 0 bridgehead atoms. The second kappa shape index (κ2) is 7.21. The molecule has 0 spiro atoms. The Bertz CT molecular complexity index is 393. The smallest absolute Gasteiger partial charge is 0.224 e. The van der Waals surface area contributed by atoms with Gasteiger partial charge in [-0.05, 0) is 0 Å². The first-order valence-corrected chi connectivity index (χ1v) is 7.05. The van der Waals surface area contributed by atoms with E-state index in [-0.39, 0.29) is 0 Å². The van der Waals surface area contributed by atoms with Crippen molar-refractivity contribution in [2.75, 3.05) is 19.8 Å². The monoisotopic (exact) mass is 342 g/mol. The zero-order chi connectivity index (χ0) is 17.4. The Balaban J connectivity index is 2.18. The van der Waals surface area contributed by atoms with Crippen molar-refractivity contribution in [3.63, 3.8) is 0 Å². The van der Waals surface area contributed by atoms with Crippen LogP contribution in [0.4, 0.5) is 0 Å². The quantitative estimate of drug-likeness (QED) is 0.238. The van der Waals surface area contributed by atoms with Gasteiger partial charge >= 0.3 is 0 Å². The fourth-order valence-corrected chi connectivity index (χ4v) is 2.63. The summed E-state index contributed by atoms with van der Waals surface area (Å²) in [7, 11) is 0. The highest BCUT2D eigenvalue weighted by Crippen LogP contribution is 2.35. The van der Waals surface area contributed by atoms with Gasteiger partial charge < -0.3 is 55.1 Å². The van der Waals surface area contributed by atoms with E-state index >= 15 is 0 Å². The summed E-state index contributed by atoms with van der Waals surface area (Å²) in [6, 6.07) is 0. The Morgan fingerprint density at radius 3 is 1.87 bits per heavy atom. The van der Waals surface area contributed by atoms with Gasteiger partial charge in [0.15, 0.2) is 6.29 Å². The molecule has 2 aliphatic rings. The van der Waals surface area contributed by atoms with Crippen LogP contribution in [-0.2, 0) is 14.2 Å². The molecule has 2 rings (SSSR count). The predicted molar refractivity (Wildman–Crippen MR) is 68.6 cm³/mol. The number of hydrogen-bond donors (Lipinski definition) is 8. The van der Waals surface area contributed by atoms with Gasteiger partial charge in [0.05, 0.1) is 13.2 Å². The van der Waals surface area contributed by atoms with Gasteiger partial charge in [-0.2, -0.15) is 0 Å². The second-order valence-electron chi connectivity index (χ2n) is 5.56. The molecule has 2 heterocycles. The molecule has 0 aromatic heterocycles. The summed E-state index contributed by atoms with van der Waals surface area (Å²) >= 11 is 0. The lowest BCUT2D eigenvalue weighted by atomic mass is 9.99. The van der Waals surface area contributed by atoms with Crippen LogP contribution in [0.1, 0.15) is 0 Å². The van der Waals surface area contributed by atoms with Crippen molar-refractivity contribution in [1.82, 2.24) is 0 Å². The lowest BCUT2D eigenvalue weighted by Crippen LogP contribution is -2.62. The second-order valence-corrected chi connectivity index (χ2v) is 5.56. The average molecular weight is 342 g/mol. The van der Waals surface area contributed by atoms with Gasteiger partial charge in [-0.1, -0.05) is 0 Å². The van der Waals surface area contributed by atoms with Gasteiger partial charge in [-0.3, -0.25) is 0 Å². The number of hydrogen-bond acceptors (Lipinski definition) is 11. The van der Waals surface area contributed by atoms with Gasteiger partial charge in [0.1, 0.15) is 49.3 Å². The number of aliphatic hydroxyl groups excluding tert-OH is 8. The molecule has 0 aromatic rings. The van der Waals surface area contributed by atoms with Crippen LogP contribution in [-0.4, -0.2) is 115 Å². The highest BCUT2D eigenvalue weighted by atomic mass is 16.8. The maximum absolute atomic E-state index is 10.00. The van der Waals surface area contributed by atoms with Crippen molar-refractivity contribution in [2.45, 2.75) is 54.8 Å². The van der Waals surface area contributed by atoms with Gasteiger partial charge in [0.2, 0.25) is 5.79 Å². The van der Waals surface area contributed by atoms with E-state index in [4.69, 9.17) is 24.4 Å². The summed E-state index contributed by atoms with van der Waals surface area (Å²) in [4.78, 5) is 0. The molecule has 9 atom stereocenters. The maximum atomic E-state index is 10.00. The van der Waals surface area contributed by atoms with Crippen LogP contribution in [0.5, 0.6) is 0 Å². The lowest BCUT2D eigenvalue weighted by Gasteiger charge is -2.43. The van der Waals surface area contributed by atoms with E-state index in [9.17, 15) is 30.6 Å². The zero-order valence-electron chi connectivity index (χ0n) is 12.0. The van der Waals surface area contributed by atoms with Crippen molar-refractivity contribution in [2.24, 2.45) is 0 Å². The van der Waals surface area contributed by atoms with Crippen molar-refractivity contribution in [1.29, 1.82) is 0 Å². The third-order valence-corrected chi connectivity index (χ3v) is 4.07. The summed E-state index contributed by atoms with van der Waals surface area (Å²) < 4.78 is 15.4. The van der Waals surface area contributed by atoms with Crippen molar-refractivity contribution >= 4 is 0 Å². The van der Waals surface area contributed by atoms with Gasteiger partial charge in [-0.25, -0.2) is 0 Å². The van der Waals surface area contributed by atoms with Crippen LogP contribution in [0.25, 0.3) is 0 Å².